The minimum atomic E-state index is 0.544. The molecule has 1 aromatic heterocycles. The van der Waals surface area contributed by atoms with E-state index in [1.54, 1.807) is 12.5 Å². The van der Waals surface area contributed by atoms with E-state index < -0.39 is 0 Å². The van der Waals surface area contributed by atoms with Crippen LogP contribution >= 0.6 is 0 Å². The highest BCUT2D eigenvalue weighted by molar-refractivity contribution is 5.58. The third kappa shape index (κ3) is 4.43. The zero-order chi connectivity index (χ0) is 13.5. The van der Waals surface area contributed by atoms with Gasteiger partial charge in [-0.3, -0.25) is 0 Å². The molecular formula is C15H17N3O. The minimum absolute atomic E-state index is 0.544. The second-order valence-electron chi connectivity index (χ2n) is 4.33. The molecule has 98 valence electrons. The summed E-state index contributed by atoms with van der Waals surface area (Å²) >= 11 is 0. The Morgan fingerprint density at radius 3 is 2.58 bits per heavy atom. The van der Waals surface area contributed by atoms with Gasteiger partial charge in [0.2, 0.25) is 0 Å². The standard InChI is InChI=1S/C15H17N3O/c1-18(2)12-17-15-9-8-14(10-16-15)19-11-13-6-4-3-5-7-13/h3-10,12H,11H2,1-2H3. The second kappa shape index (κ2) is 6.54. The predicted octanol–water partition coefficient (Wildman–Crippen LogP) is 2.88. The largest absolute Gasteiger partial charge is 0.487 e. The predicted molar refractivity (Wildman–Crippen MR) is 76.9 cm³/mol. The monoisotopic (exact) mass is 255 g/mol. The highest BCUT2D eigenvalue weighted by Crippen LogP contribution is 2.15. The summed E-state index contributed by atoms with van der Waals surface area (Å²) in [6.45, 7) is 0.544. The van der Waals surface area contributed by atoms with E-state index in [1.807, 2.05) is 61.5 Å². The Morgan fingerprint density at radius 1 is 1.16 bits per heavy atom. The Bertz CT molecular complexity index is 521. The average molecular weight is 255 g/mol. The van der Waals surface area contributed by atoms with Crippen LogP contribution in [-0.2, 0) is 6.61 Å². The minimum Gasteiger partial charge on any atom is -0.487 e. The van der Waals surface area contributed by atoms with Gasteiger partial charge in [0.05, 0.1) is 12.5 Å². The van der Waals surface area contributed by atoms with E-state index >= 15 is 0 Å². The molecule has 2 rings (SSSR count). The molecule has 4 heteroatoms. The van der Waals surface area contributed by atoms with Crippen molar-refractivity contribution in [2.45, 2.75) is 6.61 Å². The molecule has 0 amide bonds. The Hall–Kier alpha value is -2.36. The van der Waals surface area contributed by atoms with Crippen LogP contribution in [0.15, 0.2) is 53.7 Å². The number of nitrogens with zero attached hydrogens (tertiary/aromatic N) is 3. The number of ether oxygens (including phenoxy) is 1. The molecule has 1 heterocycles. The molecule has 0 saturated heterocycles. The van der Waals surface area contributed by atoms with Crippen molar-refractivity contribution in [3.8, 4) is 5.75 Å². The van der Waals surface area contributed by atoms with E-state index in [0.717, 1.165) is 11.3 Å². The van der Waals surface area contributed by atoms with E-state index in [-0.39, 0.29) is 0 Å². The summed E-state index contributed by atoms with van der Waals surface area (Å²) in [5, 5.41) is 0. The summed E-state index contributed by atoms with van der Waals surface area (Å²) in [7, 11) is 3.84. The maximum Gasteiger partial charge on any atom is 0.153 e. The van der Waals surface area contributed by atoms with Gasteiger partial charge >= 0.3 is 0 Å². The fourth-order valence-corrected chi connectivity index (χ4v) is 1.45. The molecule has 0 aliphatic heterocycles. The van der Waals surface area contributed by atoms with Crippen molar-refractivity contribution in [1.29, 1.82) is 0 Å². The van der Waals surface area contributed by atoms with Crippen LogP contribution in [0, 0.1) is 0 Å². The highest BCUT2D eigenvalue weighted by atomic mass is 16.5. The molecular weight excluding hydrogens is 238 g/mol. The summed E-state index contributed by atoms with van der Waals surface area (Å²) in [5.41, 5.74) is 1.14. The Labute approximate surface area is 113 Å². The first-order valence-electron chi connectivity index (χ1n) is 6.07. The number of aromatic nitrogens is 1. The van der Waals surface area contributed by atoms with Gasteiger partial charge in [-0.05, 0) is 17.7 Å². The van der Waals surface area contributed by atoms with Gasteiger partial charge in [-0.15, -0.1) is 0 Å². The number of rotatable bonds is 5. The van der Waals surface area contributed by atoms with Crippen LogP contribution in [0.5, 0.6) is 5.75 Å². The number of hydrogen-bond donors (Lipinski definition) is 0. The maximum atomic E-state index is 5.65. The topological polar surface area (TPSA) is 37.7 Å². The normalized spacial score (nSPS) is 10.6. The first kappa shape index (κ1) is 13.1. The van der Waals surface area contributed by atoms with Crippen LogP contribution < -0.4 is 4.74 Å². The van der Waals surface area contributed by atoms with E-state index in [2.05, 4.69) is 9.98 Å². The van der Waals surface area contributed by atoms with Crippen molar-refractivity contribution in [2.24, 2.45) is 4.99 Å². The van der Waals surface area contributed by atoms with Gasteiger partial charge < -0.3 is 9.64 Å². The van der Waals surface area contributed by atoms with Crippen LogP contribution in [0.25, 0.3) is 0 Å². The number of aliphatic imine (C=N–C) groups is 1. The molecule has 0 bridgehead atoms. The number of hydrogen-bond acceptors (Lipinski definition) is 3. The van der Waals surface area contributed by atoms with Crippen molar-refractivity contribution in [1.82, 2.24) is 9.88 Å². The van der Waals surface area contributed by atoms with Gasteiger partial charge in [0, 0.05) is 14.1 Å². The lowest BCUT2D eigenvalue weighted by Gasteiger charge is -2.06. The molecule has 0 radical (unpaired) electrons. The van der Waals surface area contributed by atoms with Crippen molar-refractivity contribution in [3.63, 3.8) is 0 Å². The van der Waals surface area contributed by atoms with Crippen molar-refractivity contribution in [3.05, 3.63) is 54.2 Å². The fourth-order valence-electron chi connectivity index (χ4n) is 1.45. The number of pyridine rings is 1. The molecule has 4 nitrogen and oxygen atoms in total. The quantitative estimate of drug-likeness (QED) is 0.609. The highest BCUT2D eigenvalue weighted by Gasteiger charge is 1.96. The van der Waals surface area contributed by atoms with Crippen LogP contribution in [0.4, 0.5) is 5.82 Å². The summed E-state index contributed by atoms with van der Waals surface area (Å²) in [4.78, 5) is 10.3. The third-order valence-corrected chi connectivity index (χ3v) is 2.39. The second-order valence-corrected chi connectivity index (χ2v) is 4.33. The molecule has 0 unspecified atom stereocenters. The Morgan fingerprint density at radius 2 is 1.95 bits per heavy atom. The van der Waals surface area contributed by atoms with Gasteiger partial charge in [-0.1, -0.05) is 30.3 Å². The lowest BCUT2D eigenvalue weighted by molar-refractivity contribution is 0.305. The van der Waals surface area contributed by atoms with E-state index in [4.69, 9.17) is 4.74 Å². The van der Waals surface area contributed by atoms with E-state index in [0.29, 0.717) is 12.4 Å². The SMILES string of the molecule is CN(C)C=Nc1ccc(OCc2ccccc2)cn1. The Balaban J connectivity index is 1.92. The third-order valence-electron chi connectivity index (χ3n) is 2.39. The van der Waals surface area contributed by atoms with Crippen molar-refractivity contribution in [2.75, 3.05) is 14.1 Å². The first-order chi connectivity index (χ1) is 9.24. The lowest BCUT2D eigenvalue weighted by atomic mass is 10.2. The van der Waals surface area contributed by atoms with Gasteiger partial charge in [0.1, 0.15) is 12.4 Å². The molecule has 2 aromatic rings. The zero-order valence-electron chi connectivity index (χ0n) is 11.2. The first-order valence-corrected chi connectivity index (χ1v) is 6.07. The molecule has 0 fully saturated rings. The summed E-state index contributed by atoms with van der Waals surface area (Å²) in [6, 6.07) is 13.7. The molecule has 0 aliphatic carbocycles. The van der Waals surface area contributed by atoms with Crippen molar-refractivity contribution < 1.29 is 4.74 Å². The van der Waals surface area contributed by atoms with Gasteiger partial charge in [-0.2, -0.15) is 0 Å². The fraction of sp³-hybridized carbons (Fsp3) is 0.200. The van der Waals surface area contributed by atoms with E-state index in [1.165, 1.54) is 0 Å². The van der Waals surface area contributed by atoms with Crippen LogP contribution in [-0.4, -0.2) is 30.3 Å². The molecule has 1 aromatic carbocycles. The average Bonchev–Trinajstić information content (AvgIpc) is 2.45. The van der Waals surface area contributed by atoms with E-state index in [9.17, 15) is 0 Å². The molecule has 0 spiro atoms. The van der Waals surface area contributed by atoms with Gasteiger partial charge in [0.25, 0.3) is 0 Å². The Kier molecular flexibility index (Phi) is 4.50. The van der Waals surface area contributed by atoms with Crippen LogP contribution in [0.3, 0.4) is 0 Å². The van der Waals surface area contributed by atoms with Gasteiger partial charge in [0.15, 0.2) is 5.82 Å². The number of benzene rings is 1. The summed E-state index contributed by atoms with van der Waals surface area (Å²) in [5.74, 6) is 1.41. The molecule has 0 saturated carbocycles. The smallest absolute Gasteiger partial charge is 0.153 e. The van der Waals surface area contributed by atoms with Crippen LogP contribution in [0.1, 0.15) is 5.56 Å². The maximum absolute atomic E-state index is 5.65. The summed E-state index contributed by atoms with van der Waals surface area (Å²) in [6.07, 6.45) is 3.40. The molecule has 19 heavy (non-hydrogen) atoms. The van der Waals surface area contributed by atoms with Gasteiger partial charge in [-0.25, -0.2) is 9.98 Å². The van der Waals surface area contributed by atoms with Crippen LogP contribution in [0.2, 0.25) is 0 Å². The zero-order valence-corrected chi connectivity index (χ0v) is 11.2. The molecule has 0 atom stereocenters. The molecule has 0 aliphatic rings. The van der Waals surface area contributed by atoms with Crippen molar-refractivity contribution >= 4 is 12.2 Å². The lowest BCUT2D eigenvalue weighted by Crippen LogP contribution is -2.07. The molecule has 0 N–H and O–H groups in total. The summed E-state index contributed by atoms with van der Waals surface area (Å²) < 4.78 is 5.65.